The monoisotopic (exact) mass is 522 g/mol. The van der Waals surface area contributed by atoms with Crippen molar-refractivity contribution >= 4 is 23.8 Å². The smallest absolute Gasteiger partial charge is 0.0116 e. The minimum absolute atomic E-state index is 0.547. The third kappa shape index (κ3) is 5.97. The molecular weight excluding hydrogens is 475 g/mol. The molecule has 0 bridgehead atoms. The molecule has 0 spiro atoms. The van der Waals surface area contributed by atoms with Crippen molar-refractivity contribution in [1.82, 2.24) is 0 Å². The third-order valence-corrected chi connectivity index (χ3v) is 12.9. The molecule has 6 rings (SSSR count). The van der Waals surface area contributed by atoms with E-state index in [0.29, 0.717) is 0 Å². The Morgan fingerprint density at radius 2 is 1.05 bits per heavy atom. The fraction of sp³-hybridized carbons (Fsp3) is 0.514. The Morgan fingerprint density at radius 3 is 1.63 bits per heavy atom. The molecule has 3 fully saturated rings. The molecule has 3 saturated carbocycles. The van der Waals surface area contributed by atoms with Gasteiger partial charge in [-0.3, -0.25) is 0 Å². The van der Waals surface area contributed by atoms with E-state index in [0.717, 1.165) is 29.6 Å². The van der Waals surface area contributed by atoms with Gasteiger partial charge < -0.3 is 0 Å². The van der Waals surface area contributed by atoms with Crippen molar-refractivity contribution in [2.75, 3.05) is 0 Å². The van der Waals surface area contributed by atoms with Crippen LogP contribution in [0.5, 0.6) is 0 Å². The molecule has 2 atom stereocenters. The van der Waals surface area contributed by atoms with Gasteiger partial charge in [-0.15, -0.1) is 0 Å². The Bertz CT molecular complexity index is 1050. The first-order chi connectivity index (χ1) is 18.9. The summed E-state index contributed by atoms with van der Waals surface area (Å²) in [5.41, 5.74) is 1.68. The first-order valence-corrected chi connectivity index (χ1v) is 17.2. The lowest BCUT2D eigenvalue weighted by molar-refractivity contribution is 0.114. The highest BCUT2D eigenvalue weighted by molar-refractivity contribution is 7.79. The zero-order chi connectivity index (χ0) is 25.6. The van der Waals surface area contributed by atoms with Crippen LogP contribution in [0.3, 0.4) is 0 Å². The molecule has 3 aromatic rings. The molecular formula is C37H47P. The van der Waals surface area contributed by atoms with Crippen molar-refractivity contribution in [2.24, 2.45) is 23.7 Å². The quantitative estimate of drug-likeness (QED) is 0.258. The molecule has 0 heterocycles. The standard InChI is InChI=1S/C37H47P/c1-5-16-29(17-6-1)36(30-18-7-2-8-19-30)28-31-20-15-26-34(31)35-25-13-14-27-37(35)38(32-21-9-3-10-22-32)33-23-11-4-12-24-33/h3-4,9-14,21-25,27,29-31,34,36H,1-2,5-8,15-20,26,28H2. The number of hydrogen-bond acceptors (Lipinski definition) is 0. The Balaban J connectivity index is 1.32. The molecule has 3 aromatic carbocycles. The predicted octanol–water partition coefficient (Wildman–Crippen LogP) is 9.50. The SMILES string of the molecule is c1ccc(P(c2ccccc2)c2ccccc2C2CCCC2CC(C2CCCCC2)C2CCCCC2)cc1. The Labute approximate surface area is 233 Å². The van der Waals surface area contributed by atoms with Gasteiger partial charge in [0.15, 0.2) is 0 Å². The average molecular weight is 523 g/mol. The third-order valence-electron chi connectivity index (χ3n) is 10.4. The van der Waals surface area contributed by atoms with Crippen LogP contribution in [0.4, 0.5) is 0 Å². The molecule has 200 valence electrons. The molecule has 0 radical (unpaired) electrons. The number of benzene rings is 3. The van der Waals surface area contributed by atoms with E-state index in [4.69, 9.17) is 0 Å². The molecule has 38 heavy (non-hydrogen) atoms. The van der Waals surface area contributed by atoms with Crippen molar-refractivity contribution in [3.05, 3.63) is 90.5 Å². The van der Waals surface area contributed by atoms with E-state index in [9.17, 15) is 0 Å². The molecule has 0 aromatic heterocycles. The Kier molecular flexibility index (Phi) is 8.98. The largest absolute Gasteiger partial charge is 0.0622 e. The maximum absolute atomic E-state index is 2.52. The molecule has 0 amide bonds. The lowest BCUT2D eigenvalue weighted by Gasteiger charge is -2.40. The highest BCUT2D eigenvalue weighted by atomic mass is 31.1. The van der Waals surface area contributed by atoms with Gasteiger partial charge in [0.25, 0.3) is 0 Å². The van der Waals surface area contributed by atoms with E-state index in [1.165, 1.54) is 101 Å². The molecule has 2 unspecified atom stereocenters. The number of hydrogen-bond donors (Lipinski definition) is 0. The van der Waals surface area contributed by atoms with E-state index in [2.05, 4.69) is 84.9 Å². The van der Waals surface area contributed by atoms with Gasteiger partial charge in [-0.2, -0.15) is 0 Å². The van der Waals surface area contributed by atoms with E-state index < -0.39 is 7.92 Å². The van der Waals surface area contributed by atoms with Crippen molar-refractivity contribution in [2.45, 2.75) is 95.8 Å². The van der Waals surface area contributed by atoms with Crippen LogP contribution in [0.2, 0.25) is 0 Å². The van der Waals surface area contributed by atoms with Gasteiger partial charge in [0.2, 0.25) is 0 Å². The summed E-state index contributed by atoms with van der Waals surface area (Å²) in [5.74, 6) is 4.60. The van der Waals surface area contributed by atoms with Crippen molar-refractivity contribution in [3.63, 3.8) is 0 Å². The second-order valence-electron chi connectivity index (χ2n) is 12.6. The van der Waals surface area contributed by atoms with Gasteiger partial charge in [-0.25, -0.2) is 0 Å². The first kappa shape index (κ1) is 26.3. The normalized spacial score (nSPS) is 23.3. The molecule has 0 N–H and O–H groups in total. The summed E-state index contributed by atoms with van der Waals surface area (Å²) >= 11 is 0. The van der Waals surface area contributed by atoms with Crippen molar-refractivity contribution in [3.8, 4) is 0 Å². The second kappa shape index (κ2) is 13.0. The number of rotatable bonds is 8. The first-order valence-electron chi connectivity index (χ1n) is 15.9. The Morgan fingerprint density at radius 1 is 0.526 bits per heavy atom. The van der Waals surface area contributed by atoms with Gasteiger partial charge in [0, 0.05) is 0 Å². The predicted molar refractivity (Wildman–Crippen MR) is 166 cm³/mol. The summed E-state index contributed by atoms with van der Waals surface area (Å²) in [5, 5.41) is 4.58. The zero-order valence-corrected chi connectivity index (χ0v) is 24.2. The molecule has 1 heteroatoms. The van der Waals surface area contributed by atoms with Crippen LogP contribution in [-0.4, -0.2) is 0 Å². The summed E-state index contributed by atoms with van der Waals surface area (Å²) in [4.78, 5) is 0. The van der Waals surface area contributed by atoms with Crippen LogP contribution < -0.4 is 15.9 Å². The fourth-order valence-electron chi connectivity index (χ4n) is 8.56. The summed E-state index contributed by atoms with van der Waals surface area (Å²) < 4.78 is 0. The summed E-state index contributed by atoms with van der Waals surface area (Å²) in [6.45, 7) is 0. The van der Waals surface area contributed by atoms with E-state index in [1.54, 1.807) is 10.9 Å². The molecule has 0 aliphatic heterocycles. The van der Waals surface area contributed by atoms with Crippen LogP contribution in [0.15, 0.2) is 84.9 Å². The van der Waals surface area contributed by atoms with E-state index in [1.807, 2.05) is 0 Å². The van der Waals surface area contributed by atoms with Crippen LogP contribution in [0, 0.1) is 23.7 Å². The average Bonchev–Trinajstić information content (AvgIpc) is 3.46. The van der Waals surface area contributed by atoms with Gasteiger partial charge in [0.05, 0.1) is 0 Å². The van der Waals surface area contributed by atoms with E-state index in [-0.39, 0.29) is 0 Å². The Hall–Kier alpha value is -1.91. The molecule has 0 nitrogen and oxygen atoms in total. The lowest BCUT2D eigenvalue weighted by Crippen LogP contribution is -2.31. The zero-order valence-electron chi connectivity index (χ0n) is 23.3. The minimum Gasteiger partial charge on any atom is -0.0622 e. The highest BCUT2D eigenvalue weighted by Gasteiger charge is 2.38. The molecule has 0 saturated heterocycles. The van der Waals surface area contributed by atoms with E-state index >= 15 is 0 Å². The van der Waals surface area contributed by atoms with Crippen LogP contribution in [-0.2, 0) is 0 Å². The van der Waals surface area contributed by atoms with Crippen LogP contribution >= 0.6 is 7.92 Å². The van der Waals surface area contributed by atoms with Gasteiger partial charge in [-0.1, -0.05) is 156 Å². The second-order valence-corrected chi connectivity index (χ2v) is 14.7. The highest BCUT2D eigenvalue weighted by Crippen LogP contribution is 2.50. The van der Waals surface area contributed by atoms with Gasteiger partial charge in [0.1, 0.15) is 0 Å². The summed E-state index contributed by atoms with van der Waals surface area (Å²) in [6.07, 6.45) is 20.7. The summed E-state index contributed by atoms with van der Waals surface area (Å²) in [6, 6.07) is 32.3. The maximum atomic E-state index is 2.52. The van der Waals surface area contributed by atoms with Crippen LogP contribution in [0.25, 0.3) is 0 Å². The molecule has 3 aliphatic rings. The van der Waals surface area contributed by atoms with Crippen molar-refractivity contribution in [1.29, 1.82) is 0 Å². The topological polar surface area (TPSA) is 0 Å². The minimum atomic E-state index is -0.547. The van der Waals surface area contributed by atoms with Gasteiger partial charge in [-0.05, 0) is 78.3 Å². The van der Waals surface area contributed by atoms with Crippen molar-refractivity contribution < 1.29 is 0 Å². The maximum Gasteiger partial charge on any atom is -0.0116 e. The summed E-state index contributed by atoms with van der Waals surface area (Å²) in [7, 11) is -0.547. The fourth-order valence-corrected chi connectivity index (χ4v) is 11.1. The van der Waals surface area contributed by atoms with Crippen LogP contribution in [0.1, 0.15) is 101 Å². The lowest BCUT2D eigenvalue weighted by atomic mass is 9.65. The molecule has 3 aliphatic carbocycles. The van der Waals surface area contributed by atoms with Gasteiger partial charge >= 0.3 is 0 Å².